The van der Waals surface area contributed by atoms with Crippen LogP contribution < -0.4 is 15.2 Å². The van der Waals surface area contributed by atoms with Gasteiger partial charge < -0.3 is 19.7 Å². The van der Waals surface area contributed by atoms with E-state index in [2.05, 4.69) is 4.72 Å². The summed E-state index contributed by atoms with van der Waals surface area (Å²) < 4.78 is 28.0. The summed E-state index contributed by atoms with van der Waals surface area (Å²) in [6.07, 6.45) is 0. The Bertz CT molecular complexity index is 343. The lowest BCUT2D eigenvalue weighted by Crippen LogP contribution is -2.04. The molecular weight excluding hydrogens is 204 g/mol. The third-order valence-electron chi connectivity index (χ3n) is 1.71. The second-order valence-electron chi connectivity index (χ2n) is 2.57. The number of anilines is 1. The minimum Gasteiger partial charge on any atom is -0.755 e. The molecule has 0 fully saturated rings. The molecule has 1 aromatic carbocycles. The molecule has 1 atom stereocenters. The third kappa shape index (κ3) is 2.69. The molecule has 0 radical (unpaired) electrons. The lowest BCUT2D eigenvalue weighted by molar-refractivity contribution is 0.410. The summed E-state index contributed by atoms with van der Waals surface area (Å²) in [6.45, 7) is 0.351. The van der Waals surface area contributed by atoms with Gasteiger partial charge in [-0.05, 0) is 6.07 Å². The molecule has 0 spiro atoms. The zero-order valence-corrected chi connectivity index (χ0v) is 8.47. The van der Waals surface area contributed by atoms with Gasteiger partial charge in [-0.25, -0.2) is 0 Å². The second kappa shape index (κ2) is 4.94. The van der Waals surface area contributed by atoms with E-state index in [1.807, 2.05) is 0 Å². The molecule has 6 heteroatoms. The van der Waals surface area contributed by atoms with E-state index in [1.165, 1.54) is 7.11 Å². The van der Waals surface area contributed by atoms with Gasteiger partial charge in [0, 0.05) is 35.1 Å². The first kappa shape index (κ1) is 11.0. The van der Waals surface area contributed by atoms with Crippen LogP contribution >= 0.6 is 0 Å². The highest BCUT2D eigenvalue weighted by Gasteiger charge is 2.02. The van der Waals surface area contributed by atoms with Crippen LogP contribution in [0.1, 0.15) is 5.56 Å². The zero-order valence-electron chi connectivity index (χ0n) is 7.65. The number of hydrogen-bond acceptors (Lipinski definition) is 4. The topological polar surface area (TPSA) is 87.4 Å². The maximum absolute atomic E-state index is 10.3. The number of nitrogens with one attached hydrogen (secondary N) is 1. The molecule has 1 aromatic rings. The summed E-state index contributed by atoms with van der Waals surface area (Å²) >= 11 is -2.32. The quantitative estimate of drug-likeness (QED) is 0.710. The molecule has 0 aliphatic carbocycles. The van der Waals surface area contributed by atoms with Crippen molar-refractivity contribution < 1.29 is 13.5 Å². The van der Waals surface area contributed by atoms with Crippen LogP contribution in [-0.4, -0.2) is 15.9 Å². The first-order valence-electron chi connectivity index (χ1n) is 3.90. The first-order chi connectivity index (χ1) is 6.67. The van der Waals surface area contributed by atoms with Crippen molar-refractivity contribution in [3.63, 3.8) is 0 Å². The van der Waals surface area contributed by atoms with Crippen molar-refractivity contribution >= 4 is 17.0 Å². The highest BCUT2D eigenvalue weighted by Crippen LogP contribution is 2.22. The second-order valence-corrected chi connectivity index (χ2v) is 3.24. The van der Waals surface area contributed by atoms with Crippen LogP contribution in [0.5, 0.6) is 5.75 Å². The Morgan fingerprint density at radius 1 is 1.64 bits per heavy atom. The first-order valence-corrected chi connectivity index (χ1v) is 4.97. The van der Waals surface area contributed by atoms with Crippen LogP contribution in [0.4, 0.5) is 5.69 Å². The Balaban J connectivity index is 2.95. The molecule has 14 heavy (non-hydrogen) atoms. The SMILES string of the molecule is COc1cc(NS(=O)[O-])ccc1CN. The van der Waals surface area contributed by atoms with E-state index in [1.54, 1.807) is 18.2 Å². The number of hydrogen-bond donors (Lipinski definition) is 2. The van der Waals surface area contributed by atoms with E-state index in [9.17, 15) is 8.76 Å². The minimum absolute atomic E-state index is 0.351. The Morgan fingerprint density at radius 2 is 2.36 bits per heavy atom. The van der Waals surface area contributed by atoms with Crippen molar-refractivity contribution in [2.24, 2.45) is 5.73 Å². The maximum atomic E-state index is 10.3. The average Bonchev–Trinajstić information content (AvgIpc) is 2.16. The monoisotopic (exact) mass is 215 g/mol. The Morgan fingerprint density at radius 3 is 2.86 bits per heavy atom. The Hall–Kier alpha value is -1.11. The molecule has 5 nitrogen and oxygen atoms in total. The van der Waals surface area contributed by atoms with Crippen molar-refractivity contribution in [1.29, 1.82) is 0 Å². The van der Waals surface area contributed by atoms with Crippen molar-refractivity contribution in [2.75, 3.05) is 11.8 Å². The van der Waals surface area contributed by atoms with Crippen LogP contribution in [0.15, 0.2) is 18.2 Å². The maximum Gasteiger partial charge on any atom is 0.125 e. The summed E-state index contributed by atoms with van der Waals surface area (Å²) in [7, 11) is 1.51. The van der Waals surface area contributed by atoms with Crippen LogP contribution in [0, 0.1) is 0 Å². The lowest BCUT2D eigenvalue weighted by Gasteiger charge is -2.12. The van der Waals surface area contributed by atoms with Gasteiger partial charge in [-0.2, -0.15) is 0 Å². The van der Waals surface area contributed by atoms with Crippen molar-refractivity contribution in [3.05, 3.63) is 23.8 Å². The molecule has 0 saturated heterocycles. The summed E-state index contributed by atoms with van der Waals surface area (Å²) in [5, 5.41) is 0. The molecule has 3 N–H and O–H groups in total. The number of nitrogens with two attached hydrogens (primary N) is 1. The fourth-order valence-electron chi connectivity index (χ4n) is 1.07. The van der Waals surface area contributed by atoms with E-state index < -0.39 is 11.3 Å². The molecule has 1 unspecified atom stereocenters. The minimum atomic E-state index is -2.32. The van der Waals surface area contributed by atoms with Crippen LogP contribution in [-0.2, 0) is 17.8 Å². The number of benzene rings is 1. The van der Waals surface area contributed by atoms with Crippen LogP contribution in [0.3, 0.4) is 0 Å². The molecule has 0 heterocycles. The Kier molecular flexibility index (Phi) is 3.87. The van der Waals surface area contributed by atoms with E-state index in [0.29, 0.717) is 18.0 Å². The molecule has 0 bridgehead atoms. The number of ether oxygens (including phenoxy) is 1. The van der Waals surface area contributed by atoms with Gasteiger partial charge in [-0.15, -0.1) is 0 Å². The van der Waals surface area contributed by atoms with Crippen LogP contribution in [0.2, 0.25) is 0 Å². The van der Waals surface area contributed by atoms with E-state index >= 15 is 0 Å². The molecule has 78 valence electrons. The average molecular weight is 215 g/mol. The molecular formula is C8H11N2O3S-. The summed E-state index contributed by atoms with van der Waals surface area (Å²) in [5.41, 5.74) is 6.74. The highest BCUT2D eigenvalue weighted by atomic mass is 32.2. The molecule has 0 aliphatic heterocycles. The van der Waals surface area contributed by atoms with Crippen molar-refractivity contribution in [1.82, 2.24) is 0 Å². The number of methoxy groups -OCH3 is 1. The predicted octanol–water partition coefficient (Wildman–Crippen LogP) is 0.360. The van der Waals surface area contributed by atoms with Gasteiger partial charge in [0.05, 0.1) is 7.11 Å². The molecule has 0 aliphatic rings. The molecule has 0 aromatic heterocycles. The fraction of sp³-hybridized carbons (Fsp3) is 0.250. The van der Waals surface area contributed by atoms with Crippen molar-refractivity contribution in [3.8, 4) is 5.75 Å². The molecule has 1 rings (SSSR count). The molecule has 0 saturated carbocycles. The summed E-state index contributed by atoms with van der Waals surface area (Å²) in [6, 6.07) is 4.92. The van der Waals surface area contributed by atoms with E-state index in [-0.39, 0.29) is 0 Å². The predicted molar refractivity (Wildman–Crippen MR) is 53.4 cm³/mol. The van der Waals surface area contributed by atoms with Gasteiger partial charge in [-0.3, -0.25) is 4.21 Å². The lowest BCUT2D eigenvalue weighted by atomic mass is 10.2. The van der Waals surface area contributed by atoms with Gasteiger partial charge in [0.25, 0.3) is 0 Å². The van der Waals surface area contributed by atoms with Gasteiger partial charge in [0.1, 0.15) is 5.75 Å². The van der Waals surface area contributed by atoms with Crippen molar-refractivity contribution in [2.45, 2.75) is 6.54 Å². The third-order valence-corrected chi connectivity index (χ3v) is 2.11. The largest absolute Gasteiger partial charge is 0.755 e. The van der Waals surface area contributed by atoms with Gasteiger partial charge in [0.15, 0.2) is 0 Å². The smallest absolute Gasteiger partial charge is 0.125 e. The Labute approximate surface area is 84.7 Å². The fourth-order valence-corrected chi connectivity index (χ4v) is 1.39. The van der Waals surface area contributed by atoms with Gasteiger partial charge in [0.2, 0.25) is 0 Å². The standard InChI is InChI=1S/C8H12N2O3S/c1-13-8-4-7(10-14(11)12)3-2-6(8)5-9/h2-4,10H,5,9H2,1H3,(H,11,12)/p-1. The van der Waals surface area contributed by atoms with Gasteiger partial charge in [-0.1, -0.05) is 6.07 Å². The summed E-state index contributed by atoms with van der Waals surface area (Å²) in [4.78, 5) is 0. The van der Waals surface area contributed by atoms with Crippen LogP contribution in [0.25, 0.3) is 0 Å². The van der Waals surface area contributed by atoms with E-state index in [4.69, 9.17) is 10.5 Å². The molecule has 0 amide bonds. The zero-order chi connectivity index (χ0) is 10.6. The highest BCUT2D eigenvalue weighted by molar-refractivity contribution is 7.80. The van der Waals surface area contributed by atoms with E-state index in [0.717, 1.165) is 5.56 Å². The van der Waals surface area contributed by atoms with Gasteiger partial charge >= 0.3 is 0 Å². The number of rotatable bonds is 4. The normalized spacial score (nSPS) is 12.2. The summed E-state index contributed by atoms with van der Waals surface area (Å²) in [5.74, 6) is 0.572.